The number of aromatic nitrogens is 2. The van der Waals surface area contributed by atoms with Crippen LogP contribution >= 0.6 is 0 Å². The zero-order valence-electron chi connectivity index (χ0n) is 13.2. The van der Waals surface area contributed by atoms with Gasteiger partial charge < -0.3 is 10.2 Å². The van der Waals surface area contributed by atoms with E-state index >= 15 is 0 Å². The third-order valence-electron chi connectivity index (χ3n) is 3.22. The Hall–Kier alpha value is -2.14. The molecular formula is C16H22N4O. The molecule has 0 aliphatic heterocycles. The number of nitrogens with one attached hydrogen (secondary N) is 1. The maximum Gasteiger partial charge on any atom is 0.224 e. The number of benzene rings is 1. The lowest BCUT2D eigenvalue weighted by atomic mass is 9.86. The van der Waals surface area contributed by atoms with Crippen LogP contribution in [0, 0.1) is 13.8 Å². The lowest BCUT2D eigenvalue weighted by molar-refractivity contribution is 0.455. The van der Waals surface area contributed by atoms with Crippen molar-refractivity contribution in [2.24, 2.45) is 5.84 Å². The number of hydrogen-bond donors (Lipinski definition) is 2. The fraction of sp³-hybridized carbons (Fsp3) is 0.375. The maximum absolute atomic E-state index is 5.85. The summed E-state index contributed by atoms with van der Waals surface area (Å²) in [5.41, 5.74) is 4.97. The maximum atomic E-state index is 5.85. The number of ether oxygens (including phenoxy) is 1. The molecule has 0 amide bonds. The van der Waals surface area contributed by atoms with Crippen molar-refractivity contribution in [3.63, 3.8) is 0 Å². The van der Waals surface area contributed by atoms with Crippen LogP contribution in [0.25, 0.3) is 0 Å². The van der Waals surface area contributed by atoms with Gasteiger partial charge in [-0.1, -0.05) is 32.9 Å². The van der Waals surface area contributed by atoms with Crippen molar-refractivity contribution < 1.29 is 4.74 Å². The molecule has 0 radical (unpaired) electrons. The van der Waals surface area contributed by atoms with Crippen molar-refractivity contribution in [1.82, 2.24) is 9.97 Å². The van der Waals surface area contributed by atoms with Crippen LogP contribution in [0.4, 0.5) is 5.82 Å². The van der Waals surface area contributed by atoms with E-state index in [4.69, 9.17) is 10.6 Å². The van der Waals surface area contributed by atoms with Crippen LogP contribution in [-0.2, 0) is 5.41 Å². The van der Waals surface area contributed by atoms with Crippen molar-refractivity contribution >= 4 is 5.82 Å². The highest BCUT2D eigenvalue weighted by Crippen LogP contribution is 2.30. The predicted octanol–water partition coefficient (Wildman–Crippen LogP) is 3.47. The first-order chi connectivity index (χ1) is 9.79. The SMILES string of the molecule is Cc1nc(NN)cc(Oc2ccc(C(C)(C)C)cc2C)n1. The van der Waals surface area contributed by atoms with Gasteiger partial charge >= 0.3 is 0 Å². The molecule has 2 rings (SSSR count). The van der Waals surface area contributed by atoms with Crippen LogP contribution < -0.4 is 16.0 Å². The first-order valence-electron chi connectivity index (χ1n) is 6.91. The Morgan fingerprint density at radius 1 is 1.10 bits per heavy atom. The van der Waals surface area contributed by atoms with Crippen LogP contribution in [0.15, 0.2) is 24.3 Å². The van der Waals surface area contributed by atoms with Gasteiger partial charge in [0.2, 0.25) is 5.88 Å². The summed E-state index contributed by atoms with van der Waals surface area (Å²) in [6.07, 6.45) is 0. The van der Waals surface area contributed by atoms with E-state index in [1.807, 2.05) is 13.0 Å². The van der Waals surface area contributed by atoms with Gasteiger partial charge in [-0.05, 0) is 36.5 Å². The fourth-order valence-corrected chi connectivity index (χ4v) is 2.01. The van der Waals surface area contributed by atoms with Gasteiger partial charge in [0.25, 0.3) is 0 Å². The van der Waals surface area contributed by atoms with Crippen molar-refractivity contribution in [3.05, 3.63) is 41.2 Å². The van der Waals surface area contributed by atoms with Crippen molar-refractivity contribution in [2.45, 2.75) is 40.0 Å². The minimum absolute atomic E-state index is 0.117. The van der Waals surface area contributed by atoms with Gasteiger partial charge in [-0.25, -0.2) is 10.8 Å². The average molecular weight is 286 g/mol. The van der Waals surface area contributed by atoms with Gasteiger partial charge in [0.1, 0.15) is 17.4 Å². The molecule has 3 N–H and O–H groups in total. The summed E-state index contributed by atoms with van der Waals surface area (Å²) in [5, 5.41) is 0. The molecule has 0 aliphatic carbocycles. The smallest absolute Gasteiger partial charge is 0.224 e. The molecule has 5 heteroatoms. The Kier molecular flexibility index (Phi) is 4.14. The number of hydrazine groups is 1. The summed E-state index contributed by atoms with van der Waals surface area (Å²) in [7, 11) is 0. The summed E-state index contributed by atoms with van der Waals surface area (Å²) < 4.78 is 5.85. The Morgan fingerprint density at radius 3 is 2.38 bits per heavy atom. The van der Waals surface area contributed by atoms with Gasteiger partial charge in [-0.3, -0.25) is 0 Å². The van der Waals surface area contributed by atoms with Gasteiger partial charge in [-0.15, -0.1) is 0 Å². The van der Waals surface area contributed by atoms with Crippen LogP contribution in [-0.4, -0.2) is 9.97 Å². The van der Waals surface area contributed by atoms with Crippen LogP contribution in [0.3, 0.4) is 0 Å². The zero-order chi connectivity index (χ0) is 15.6. The zero-order valence-corrected chi connectivity index (χ0v) is 13.2. The van der Waals surface area contributed by atoms with Gasteiger partial charge in [-0.2, -0.15) is 4.98 Å². The van der Waals surface area contributed by atoms with Gasteiger partial charge in [0.05, 0.1) is 0 Å². The second-order valence-electron chi connectivity index (χ2n) is 6.12. The second kappa shape index (κ2) is 5.69. The van der Waals surface area contributed by atoms with Crippen LogP contribution in [0.2, 0.25) is 0 Å². The molecule has 0 atom stereocenters. The van der Waals surface area contributed by atoms with E-state index in [0.29, 0.717) is 17.5 Å². The van der Waals surface area contributed by atoms with Crippen LogP contribution in [0.1, 0.15) is 37.7 Å². The summed E-state index contributed by atoms with van der Waals surface area (Å²) in [6.45, 7) is 10.4. The number of aryl methyl sites for hydroxylation is 2. The molecule has 1 heterocycles. The third kappa shape index (κ3) is 3.70. The van der Waals surface area contributed by atoms with Crippen LogP contribution in [0.5, 0.6) is 11.6 Å². The molecule has 0 saturated carbocycles. The molecule has 1 aromatic heterocycles. The van der Waals surface area contributed by atoms with E-state index in [-0.39, 0.29) is 5.41 Å². The minimum Gasteiger partial charge on any atom is -0.439 e. The standard InChI is InChI=1S/C16H22N4O/c1-10-8-12(16(3,4)5)6-7-13(10)21-15-9-14(20-17)18-11(2)19-15/h6-9H,17H2,1-5H3,(H,18,19,20). The molecule has 0 spiro atoms. The molecule has 0 saturated heterocycles. The summed E-state index contributed by atoms with van der Waals surface area (Å²) in [6, 6.07) is 7.87. The molecule has 0 fully saturated rings. The van der Waals surface area contributed by atoms with E-state index in [9.17, 15) is 0 Å². The monoisotopic (exact) mass is 286 g/mol. The quantitative estimate of drug-likeness (QED) is 0.667. The summed E-state index contributed by atoms with van der Waals surface area (Å²) in [5.74, 6) is 7.77. The number of rotatable bonds is 3. The number of nitrogens with zero attached hydrogens (tertiary/aromatic N) is 2. The Labute approximate surface area is 125 Å². The Bertz CT molecular complexity index is 647. The minimum atomic E-state index is 0.117. The normalized spacial score (nSPS) is 11.3. The van der Waals surface area contributed by atoms with E-state index in [0.717, 1.165) is 11.3 Å². The molecule has 0 bridgehead atoms. The van der Waals surface area contributed by atoms with Gasteiger partial charge in [0, 0.05) is 6.07 Å². The molecular weight excluding hydrogens is 264 g/mol. The first kappa shape index (κ1) is 15.3. The number of nitrogens with two attached hydrogens (primary N) is 1. The van der Waals surface area contributed by atoms with E-state index in [1.54, 1.807) is 13.0 Å². The Morgan fingerprint density at radius 2 is 1.81 bits per heavy atom. The molecule has 2 aromatic rings. The molecule has 0 unspecified atom stereocenters. The van der Waals surface area contributed by atoms with Crippen molar-refractivity contribution in [1.29, 1.82) is 0 Å². The van der Waals surface area contributed by atoms with E-state index in [1.165, 1.54) is 5.56 Å². The number of nitrogen functional groups attached to an aromatic ring is 1. The highest BCUT2D eigenvalue weighted by Gasteiger charge is 2.15. The fourth-order valence-electron chi connectivity index (χ4n) is 2.01. The molecule has 112 valence electrons. The van der Waals surface area contributed by atoms with E-state index < -0.39 is 0 Å². The van der Waals surface area contributed by atoms with Crippen molar-refractivity contribution in [3.8, 4) is 11.6 Å². The lowest BCUT2D eigenvalue weighted by Gasteiger charge is -2.20. The average Bonchev–Trinajstić information content (AvgIpc) is 2.39. The Balaban J connectivity index is 2.30. The first-order valence-corrected chi connectivity index (χ1v) is 6.91. The molecule has 5 nitrogen and oxygen atoms in total. The largest absolute Gasteiger partial charge is 0.439 e. The number of hydrogen-bond acceptors (Lipinski definition) is 5. The van der Waals surface area contributed by atoms with Gasteiger partial charge in [0.15, 0.2) is 0 Å². The third-order valence-corrected chi connectivity index (χ3v) is 3.22. The molecule has 0 aliphatic rings. The molecule has 1 aromatic carbocycles. The summed E-state index contributed by atoms with van der Waals surface area (Å²) in [4.78, 5) is 8.40. The van der Waals surface area contributed by atoms with E-state index in [2.05, 4.69) is 48.3 Å². The van der Waals surface area contributed by atoms with Crippen molar-refractivity contribution in [2.75, 3.05) is 5.43 Å². The predicted molar refractivity (Wildman–Crippen MR) is 84.5 cm³/mol. The highest BCUT2D eigenvalue weighted by atomic mass is 16.5. The molecule has 21 heavy (non-hydrogen) atoms. The lowest BCUT2D eigenvalue weighted by Crippen LogP contribution is -2.11. The topological polar surface area (TPSA) is 73.1 Å². The number of anilines is 1. The second-order valence-corrected chi connectivity index (χ2v) is 6.12. The summed E-state index contributed by atoms with van der Waals surface area (Å²) >= 11 is 0. The highest BCUT2D eigenvalue weighted by molar-refractivity contribution is 5.43.